The van der Waals surface area contributed by atoms with Crippen molar-refractivity contribution in [1.82, 2.24) is 0 Å². The van der Waals surface area contributed by atoms with Gasteiger partial charge in [0, 0.05) is 4.47 Å². The molecule has 0 fully saturated rings. The summed E-state index contributed by atoms with van der Waals surface area (Å²) in [6.07, 6.45) is 0. The fourth-order valence-corrected chi connectivity index (χ4v) is 5.11. The molecule has 1 heteroatoms. The van der Waals surface area contributed by atoms with Gasteiger partial charge in [-0.3, -0.25) is 0 Å². The van der Waals surface area contributed by atoms with Gasteiger partial charge < -0.3 is 0 Å². The number of benzene rings is 6. The minimum atomic E-state index is 1.10. The number of hydrogen-bond acceptors (Lipinski definition) is 0. The highest BCUT2D eigenvalue weighted by atomic mass is 79.9. The minimum absolute atomic E-state index is 1.10. The first-order valence-electron chi connectivity index (χ1n) is 11.1. The number of rotatable bonds is 3. The molecule has 0 aliphatic rings. The number of hydrogen-bond donors (Lipinski definition) is 0. The van der Waals surface area contributed by atoms with Crippen LogP contribution in [0.4, 0.5) is 0 Å². The van der Waals surface area contributed by atoms with E-state index < -0.39 is 0 Å². The summed E-state index contributed by atoms with van der Waals surface area (Å²) in [7, 11) is 0. The molecule has 0 heterocycles. The Morgan fingerprint density at radius 3 is 1.52 bits per heavy atom. The largest absolute Gasteiger partial charge is 0.0622 e. The topological polar surface area (TPSA) is 0 Å². The predicted octanol–water partition coefficient (Wildman–Crippen LogP) is 9.76. The molecule has 0 unspecified atom stereocenters. The Balaban J connectivity index is 1.54. The molecule has 0 radical (unpaired) electrons. The van der Waals surface area contributed by atoms with Gasteiger partial charge in [-0.25, -0.2) is 0 Å². The molecule has 0 aromatic heterocycles. The molecule has 0 bridgehead atoms. The van der Waals surface area contributed by atoms with Gasteiger partial charge in [-0.2, -0.15) is 0 Å². The van der Waals surface area contributed by atoms with Crippen molar-refractivity contribution in [1.29, 1.82) is 0 Å². The second kappa shape index (κ2) is 8.35. The van der Waals surface area contributed by atoms with Crippen molar-refractivity contribution in [3.63, 3.8) is 0 Å². The summed E-state index contributed by atoms with van der Waals surface area (Å²) in [5, 5.41) is 5.07. The van der Waals surface area contributed by atoms with Crippen LogP contribution in [0.5, 0.6) is 0 Å². The monoisotopic (exact) mass is 484 g/mol. The van der Waals surface area contributed by atoms with Crippen LogP contribution in [0.2, 0.25) is 0 Å². The highest BCUT2D eigenvalue weighted by Crippen LogP contribution is 2.37. The third-order valence-corrected chi connectivity index (χ3v) is 6.79. The molecule has 0 aliphatic carbocycles. The molecule has 6 aromatic carbocycles. The SMILES string of the molecule is Brc1cccc(-c2cccc3cc4c(-c5cccc(-c6ccccc6)c5)cccc4cc23)c1. The van der Waals surface area contributed by atoms with E-state index in [4.69, 9.17) is 0 Å². The highest BCUT2D eigenvalue weighted by molar-refractivity contribution is 9.10. The Morgan fingerprint density at radius 1 is 0.364 bits per heavy atom. The minimum Gasteiger partial charge on any atom is -0.0622 e. The van der Waals surface area contributed by atoms with Crippen molar-refractivity contribution in [2.75, 3.05) is 0 Å². The predicted molar refractivity (Wildman–Crippen MR) is 145 cm³/mol. The first kappa shape index (κ1) is 20.0. The van der Waals surface area contributed by atoms with E-state index in [2.05, 4.69) is 143 Å². The van der Waals surface area contributed by atoms with E-state index in [9.17, 15) is 0 Å². The van der Waals surface area contributed by atoms with Crippen LogP contribution in [-0.2, 0) is 0 Å². The lowest BCUT2D eigenvalue weighted by molar-refractivity contribution is 1.60. The van der Waals surface area contributed by atoms with E-state index in [-0.39, 0.29) is 0 Å². The molecule has 0 N–H and O–H groups in total. The van der Waals surface area contributed by atoms with Crippen molar-refractivity contribution in [2.45, 2.75) is 0 Å². The molecular formula is C32H21Br. The van der Waals surface area contributed by atoms with Gasteiger partial charge in [-0.15, -0.1) is 0 Å². The third-order valence-electron chi connectivity index (χ3n) is 6.30. The summed E-state index contributed by atoms with van der Waals surface area (Å²) >= 11 is 3.62. The summed E-state index contributed by atoms with van der Waals surface area (Å²) in [6, 6.07) is 45.8. The third kappa shape index (κ3) is 3.75. The average molecular weight is 485 g/mol. The van der Waals surface area contributed by atoms with Crippen LogP contribution in [0, 0.1) is 0 Å². The van der Waals surface area contributed by atoms with Crippen molar-refractivity contribution in [3.05, 3.63) is 132 Å². The van der Waals surface area contributed by atoms with Crippen molar-refractivity contribution in [3.8, 4) is 33.4 Å². The Kier molecular flexibility index (Phi) is 5.05. The van der Waals surface area contributed by atoms with Gasteiger partial charge in [0.1, 0.15) is 0 Å². The first-order valence-corrected chi connectivity index (χ1v) is 11.9. The van der Waals surface area contributed by atoms with Gasteiger partial charge in [0.15, 0.2) is 0 Å². The molecule has 33 heavy (non-hydrogen) atoms. The van der Waals surface area contributed by atoms with Gasteiger partial charge in [-0.05, 0) is 85.3 Å². The first-order chi connectivity index (χ1) is 16.3. The van der Waals surface area contributed by atoms with E-state index in [0.29, 0.717) is 0 Å². The average Bonchev–Trinajstić information content (AvgIpc) is 2.87. The lowest BCUT2D eigenvalue weighted by atomic mass is 9.91. The number of halogens is 1. The van der Waals surface area contributed by atoms with Crippen LogP contribution in [-0.4, -0.2) is 0 Å². The lowest BCUT2D eigenvalue weighted by Crippen LogP contribution is -1.86. The standard InChI is InChI=1S/C32H21Br/c33-28-15-5-12-25(19-28)30-17-7-14-27-20-31-26(21-32(27)30)13-6-16-29(31)24-11-4-10-23(18-24)22-8-2-1-3-9-22/h1-21H. The van der Waals surface area contributed by atoms with Crippen LogP contribution in [0.25, 0.3) is 54.9 Å². The van der Waals surface area contributed by atoms with E-state index in [0.717, 1.165) is 4.47 Å². The second-order valence-electron chi connectivity index (χ2n) is 8.36. The summed E-state index contributed by atoms with van der Waals surface area (Å²) in [5.74, 6) is 0. The molecule has 0 saturated heterocycles. The quantitative estimate of drug-likeness (QED) is 0.219. The van der Waals surface area contributed by atoms with E-state index in [1.54, 1.807) is 0 Å². The van der Waals surface area contributed by atoms with Gasteiger partial charge in [-0.1, -0.05) is 113 Å². The molecule has 0 nitrogen and oxygen atoms in total. The van der Waals surface area contributed by atoms with Crippen LogP contribution in [0.15, 0.2) is 132 Å². The number of fused-ring (bicyclic) bond motifs is 2. The fourth-order valence-electron chi connectivity index (χ4n) is 4.71. The smallest absolute Gasteiger partial charge is 0.0181 e. The molecule has 0 spiro atoms. The maximum absolute atomic E-state index is 3.62. The molecular weight excluding hydrogens is 464 g/mol. The van der Waals surface area contributed by atoms with E-state index in [1.165, 1.54) is 54.9 Å². The summed E-state index contributed by atoms with van der Waals surface area (Å²) < 4.78 is 1.10. The fraction of sp³-hybridized carbons (Fsp3) is 0. The van der Waals surface area contributed by atoms with Gasteiger partial charge in [0.25, 0.3) is 0 Å². The second-order valence-corrected chi connectivity index (χ2v) is 9.28. The molecule has 156 valence electrons. The van der Waals surface area contributed by atoms with Crippen molar-refractivity contribution in [2.24, 2.45) is 0 Å². The van der Waals surface area contributed by atoms with Gasteiger partial charge >= 0.3 is 0 Å². The Bertz CT molecular complexity index is 1610. The van der Waals surface area contributed by atoms with Gasteiger partial charge in [0.2, 0.25) is 0 Å². The van der Waals surface area contributed by atoms with Crippen LogP contribution < -0.4 is 0 Å². The Labute approximate surface area is 202 Å². The van der Waals surface area contributed by atoms with E-state index in [1.807, 2.05) is 0 Å². The zero-order valence-electron chi connectivity index (χ0n) is 18.0. The van der Waals surface area contributed by atoms with Crippen molar-refractivity contribution < 1.29 is 0 Å². The molecule has 0 saturated carbocycles. The molecule has 6 rings (SSSR count). The zero-order chi connectivity index (χ0) is 22.2. The Hall–Kier alpha value is -3.68. The zero-order valence-corrected chi connectivity index (χ0v) is 19.6. The van der Waals surface area contributed by atoms with Crippen LogP contribution in [0.1, 0.15) is 0 Å². The molecule has 0 amide bonds. The van der Waals surface area contributed by atoms with Crippen LogP contribution in [0.3, 0.4) is 0 Å². The van der Waals surface area contributed by atoms with Gasteiger partial charge in [0.05, 0.1) is 0 Å². The molecule has 0 atom stereocenters. The highest BCUT2D eigenvalue weighted by Gasteiger charge is 2.10. The maximum atomic E-state index is 3.62. The van der Waals surface area contributed by atoms with E-state index >= 15 is 0 Å². The molecule has 6 aromatic rings. The summed E-state index contributed by atoms with van der Waals surface area (Å²) in [4.78, 5) is 0. The summed E-state index contributed by atoms with van der Waals surface area (Å²) in [6.45, 7) is 0. The summed E-state index contributed by atoms with van der Waals surface area (Å²) in [5.41, 5.74) is 7.46. The van der Waals surface area contributed by atoms with Crippen LogP contribution >= 0.6 is 15.9 Å². The maximum Gasteiger partial charge on any atom is 0.0181 e. The lowest BCUT2D eigenvalue weighted by Gasteiger charge is -2.13. The Morgan fingerprint density at radius 2 is 0.879 bits per heavy atom. The van der Waals surface area contributed by atoms with Crippen molar-refractivity contribution >= 4 is 37.5 Å². The normalized spacial score (nSPS) is 11.2. The molecule has 0 aliphatic heterocycles.